The molecule has 1 heterocycles. The third-order valence-corrected chi connectivity index (χ3v) is 1.68. The minimum atomic E-state index is -4.48. The molecule has 0 aliphatic carbocycles. The van der Waals surface area contributed by atoms with Crippen molar-refractivity contribution in [1.82, 2.24) is 4.53 Å². The molecule has 0 aromatic rings. The van der Waals surface area contributed by atoms with Crippen molar-refractivity contribution >= 4 is 16.2 Å². The maximum Gasteiger partial charge on any atom is 0.439 e. The van der Waals surface area contributed by atoms with Crippen LogP contribution in [0.25, 0.3) is 0 Å². The summed E-state index contributed by atoms with van der Waals surface area (Å²) in [6.07, 6.45) is 1.26. The van der Waals surface area contributed by atoms with Crippen LogP contribution in [0.3, 0.4) is 0 Å². The van der Waals surface area contributed by atoms with Crippen molar-refractivity contribution in [2.24, 2.45) is 0 Å². The van der Waals surface area contributed by atoms with Gasteiger partial charge in [0.1, 0.15) is 6.26 Å². The molecule has 0 radical (unpaired) electrons. The van der Waals surface area contributed by atoms with E-state index in [2.05, 4.69) is 4.18 Å². The van der Waals surface area contributed by atoms with Crippen LogP contribution < -0.4 is 0 Å². The standard InChI is InChI=1S/C3H2FNO4S/c4-5-3(6)1-2-9-10(5,7)8/h1-2H. The first-order valence-corrected chi connectivity index (χ1v) is 3.50. The molecule has 1 aliphatic heterocycles. The van der Waals surface area contributed by atoms with Gasteiger partial charge in [0.15, 0.2) is 0 Å². The Morgan fingerprint density at radius 2 is 2.20 bits per heavy atom. The number of hydrogen-bond acceptors (Lipinski definition) is 4. The third kappa shape index (κ3) is 0.947. The Bertz CT molecular complexity index is 281. The third-order valence-electron chi connectivity index (χ3n) is 0.757. The molecule has 0 fully saturated rings. The topological polar surface area (TPSA) is 63.7 Å². The smallest absolute Gasteiger partial charge is 0.373 e. The van der Waals surface area contributed by atoms with E-state index >= 15 is 0 Å². The summed E-state index contributed by atoms with van der Waals surface area (Å²) in [5.74, 6) is -1.27. The van der Waals surface area contributed by atoms with E-state index in [1.807, 2.05) is 0 Å². The summed E-state index contributed by atoms with van der Waals surface area (Å²) < 4.78 is 35.4. The summed E-state index contributed by atoms with van der Waals surface area (Å²) in [6.45, 7) is 0. The Morgan fingerprint density at radius 3 is 2.60 bits per heavy atom. The molecule has 5 nitrogen and oxygen atoms in total. The molecule has 0 saturated carbocycles. The highest BCUT2D eigenvalue weighted by Crippen LogP contribution is 2.10. The number of hydrogen-bond donors (Lipinski definition) is 0. The molecule has 1 amide bonds. The molecule has 7 heteroatoms. The second kappa shape index (κ2) is 1.94. The second-order valence-corrected chi connectivity index (χ2v) is 2.78. The number of halogens is 1. The molecule has 0 aromatic carbocycles. The quantitative estimate of drug-likeness (QED) is 0.456. The zero-order valence-electron chi connectivity index (χ0n) is 4.52. The first-order valence-electron chi connectivity index (χ1n) is 2.14. The SMILES string of the molecule is O=C1C=COS(=O)(=O)N1F. The molecule has 0 aromatic heterocycles. The fourth-order valence-corrected chi connectivity index (χ4v) is 0.916. The predicted molar refractivity (Wildman–Crippen MR) is 27.1 cm³/mol. The number of carbonyl (C=O) groups excluding carboxylic acids is 1. The van der Waals surface area contributed by atoms with Crippen LogP contribution in [0.1, 0.15) is 0 Å². The molecule has 1 rings (SSSR count). The van der Waals surface area contributed by atoms with Gasteiger partial charge in [0.2, 0.25) is 0 Å². The molecule has 56 valence electrons. The van der Waals surface area contributed by atoms with Crippen LogP contribution in [0, 0.1) is 0 Å². The number of carbonyl (C=O) groups is 1. The zero-order chi connectivity index (χ0) is 7.78. The normalized spacial score (nSPS) is 22.5. The van der Waals surface area contributed by atoms with Gasteiger partial charge < -0.3 is 4.18 Å². The summed E-state index contributed by atoms with van der Waals surface area (Å²) in [4.78, 5) is 10.2. The molecule has 0 unspecified atom stereocenters. The van der Waals surface area contributed by atoms with Crippen molar-refractivity contribution < 1.29 is 21.9 Å². The minimum Gasteiger partial charge on any atom is -0.373 e. The predicted octanol–water partition coefficient (Wildman–Crippen LogP) is -0.512. The second-order valence-electron chi connectivity index (χ2n) is 1.41. The Labute approximate surface area is 55.9 Å². The van der Waals surface area contributed by atoms with Gasteiger partial charge in [-0.25, -0.2) is 0 Å². The van der Waals surface area contributed by atoms with E-state index in [0.29, 0.717) is 12.3 Å². The molecule has 0 saturated heterocycles. The summed E-state index contributed by atoms with van der Waals surface area (Å²) >= 11 is 0. The van der Waals surface area contributed by atoms with Crippen LogP contribution in [-0.4, -0.2) is 18.9 Å². The van der Waals surface area contributed by atoms with Crippen molar-refractivity contribution in [2.75, 3.05) is 0 Å². The highest BCUT2D eigenvalue weighted by Gasteiger charge is 2.30. The Kier molecular flexibility index (Phi) is 1.36. The fourth-order valence-electron chi connectivity index (χ4n) is 0.363. The van der Waals surface area contributed by atoms with Crippen LogP contribution >= 0.6 is 0 Å². The molecule has 0 spiro atoms. The lowest BCUT2D eigenvalue weighted by atomic mass is 10.6. The number of amides is 1. The van der Waals surface area contributed by atoms with Crippen molar-refractivity contribution in [2.45, 2.75) is 0 Å². The van der Waals surface area contributed by atoms with Gasteiger partial charge >= 0.3 is 10.3 Å². The van der Waals surface area contributed by atoms with Crippen molar-refractivity contribution in [3.05, 3.63) is 12.3 Å². The van der Waals surface area contributed by atoms with Crippen LogP contribution in [0.4, 0.5) is 4.48 Å². The van der Waals surface area contributed by atoms with E-state index in [-0.39, 0.29) is 0 Å². The van der Waals surface area contributed by atoms with E-state index in [0.717, 1.165) is 0 Å². The van der Waals surface area contributed by atoms with E-state index < -0.39 is 20.7 Å². The maximum absolute atomic E-state index is 12.1. The van der Waals surface area contributed by atoms with E-state index in [1.54, 1.807) is 0 Å². The first-order chi connectivity index (χ1) is 4.54. The Morgan fingerprint density at radius 1 is 1.60 bits per heavy atom. The maximum atomic E-state index is 12.1. The number of rotatable bonds is 0. The largest absolute Gasteiger partial charge is 0.439 e. The lowest BCUT2D eigenvalue weighted by Gasteiger charge is -2.11. The fraction of sp³-hybridized carbons (Fsp3) is 0. The van der Waals surface area contributed by atoms with Gasteiger partial charge in [-0.1, -0.05) is 4.48 Å². The monoisotopic (exact) mass is 167 g/mol. The van der Waals surface area contributed by atoms with E-state index in [9.17, 15) is 17.7 Å². The van der Waals surface area contributed by atoms with Gasteiger partial charge in [-0.2, -0.15) is 8.42 Å². The molecule has 1 aliphatic rings. The van der Waals surface area contributed by atoms with Gasteiger partial charge in [-0.15, -0.1) is 0 Å². The summed E-state index contributed by atoms with van der Waals surface area (Å²) in [5.41, 5.74) is 0. The van der Waals surface area contributed by atoms with Crippen molar-refractivity contribution in [1.29, 1.82) is 0 Å². The highest BCUT2D eigenvalue weighted by molar-refractivity contribution is 7.84. The lowest BCUT2D eigenvalue weighted by molar-refractivity contribution is -0.131. The van der Waals surface area contributed by atoms with Crippen molar-refractivity contribution in [3.8, 4) is 0 Å². The van der Waals surface area contributed by atoms with Crippen molar-refractivity contribution in [3.63, 3.8) is 0 Å². The van der Waals surface area contributed by atoms with Gasteiger partial charge in [0, 0.05) is 6.08 Å². The molecule has 0 atom stereocenters. The molecule has 0 N–H and O–H groups in total. The van der Waals surface area contributed by atoms with Gasteiger partial charge in [0.05, 0.1) is 0 Å². The first kappa shape index (κ1) is 7.00. The van der Waals surface area contributed by atoms with Crippen LogP contribution in [0.15, 0.2) is 12.3 Å². The van der Waals surface area contributed by atoms with Gasteiger partial charge in [0.25, 0.3) is 5.91 Å². The molecular weight excluding hydrogens is 165 g/mol. The zero-order valence-corrected chi connectivity index (χ0v) is 5.34. The molecule has 0 bridgehead atoms. The van der Waals surface area contributed by atoms with Crippen LogP contribution in [0.2, 0.25) is 0 Å². The molecule has 10 heavy (non-hydrogen) atoms. The summed E-state index contributed by atoms with van der Waals surface area (Å²) in [7, 11) is -4.48. The highest BCUT2D eigenvalue weighted by atomic mass is 32.2. The van der Waals surface area contributed by atoms with E-state index in [1.165, 1.54) is 0 Å². The average Bonchev–Trinajstić information content (AvgIpc) is 1.83. The Hall–Kier alpha value is -1.11. The average molecular weight is 167 g/mol. The van der Waals surface area contributed by atoms with Crippen LogP contribution in [0.5, 0.6) is 0 Å². The lowest BCUT2D eigenvalue weighted by Crippen LogP contribution is -2.31. The summed E-state index contributed by atoms with van der Waals surface area (Å²) in [5, 5.41) is 0. The van der Waals surface area contributed by atoms with Gasteiger partial charge in [-0.05, 0) is 4.53 Å². The minimum absolute atomic E-state index is 0.605. The Balaban J connectivity index is 3.09. The van der Waals surface area contributed by atoms with E-state index in [4.69, 9.17) is 0 Å². The summed E-state index contributed by atoms with van der Waals surface area (Å²) in [6, 6.07) is 0. The molecular formula is C3H2FNO4S. The van der Waals surface area contributed by atoms with Gasteiger partial charge in [-0.3, -0.25) is 4.79 Å². The van der Waals surface area contributed by atoms with Crippen LogP contribution in [-0.2, 0) is 19.3 Å². The number of nitrogens with zero attached hydrogens (tertiary/aromatic N) is 1.